The highest BCUT2D eigenvalue weighted by Gasteiger charge is 2.09. The molecular weight excluding hydrogens is 310 g/mol. The minimum atomic E-state index is -0.355. The maximum Gasteiger partial charge on any atom is 0.125 e. The van der Waals surface area contributed by atoms with E-state index in [2.05, 4.69) is 0 Å². The van der Waals surface area contributed by atoms with Crippen LogP contribution in [0.4, 0.5) is 4.39 Å². The summed E-state index contributed by atoms with van der Waals surface area (Å²) < 4.78 is 18.7. The molecular formula is C14H10Cl3FO. The van der Waals surface area contributed by atoms with Crippen molar-refractivity contribution in [2.75, 3.05) is 0 Å². The standard InChI is InChI=1S/C14H10Cl3FO/c15-7-11-13(17)2-1-3-14(11)19-8-9-6-10(18)4-5-12(9)16/h1-6H,7-8H2. The zero-order valence-corrected chi connectivity index (χ0v) is 12.1. The SMILES string of the molecule is Fc1ccc(Cl)c(COc2cccc(Cl)c2CCl)c1. The zero-order chi connectivity index (χ0) is 13.8. The van der Waals surface area contributed by atoms with E-state index in [-0.39, 0.29) is 18.3 Å². The van der Waals surface area contributed by atoms with E-state index in [9.17, 15) is 4.39 Å². The van der Waals surface area contributed by atoms with Gasteiger partial charge in [-0.2, -0.15) is 0 Å². The largest absolute Gasteiger partial charge is 0.488 e. The second-order valence-electron chi connectivity index (χ2n) is 3.87. The van der Waals surface area contributed by atoms with Crippen LogP contribution in [0.25, 0.3) is 0 Å². The fraction of sp³-hybridized carbons (Fsp3) is 0.143. The summed E-state index contributed by atoms with van der Waals surface area (Å²) in [6.07, 6.45) is 0. The lowest BCUT2D eigenvalue weighted by Crippen LogP contribution is -1.99. The molecule has 0 heterocycles. The van der Waals surface area contributed by atoms with Gasteiger partial charge in [0.15, 0.2) is 0 Å². The molecule has 0 N–H and O–H groups in total. The molecule has 2 aromatic rings. The Morgan fingerprint density at radius 2 is 1.84 bits per heavy atom. The summed E-state index contributed by atoms with van der Waals surface area (Å²) in [6, 6.07) is 9.40. The topological polar surface area (TPSA) is 9.23 Å². The predicted molar refractivity (Wildman–Crippen MR) is 76.8 cm³/mol. The van der Waals surface area contributed by atoms with E-state index in [0.29, 0.717) is 26.9 Å². The van der Waals surface area contributed by atoms with Crippen LogP contribution in [0.5, 0.6) is 5.75 Å². The first-order valence-corrected chi connectivity index (χ1v) is 6.81. The molecule has 0 bridgehead atoms. The first-order chi connectivity index (χ1) is 9.11. The van der Waals surface area contributed by atoms with Gasteiger partial charge in [-0.15, -0.1) is 11.6 Å². The molecule has 0 aliphatic carbocycles. The molecule has 0 atom stereocenters. The monoisotopic (exact) mass is 318 g/mol. The lowest BCUT2D eigenvalue weighted by molar-refractivity contribution is 0.303. The minimum Gasteiger partial charge on any atom is -0.488 e. The molecule has 0 radical (unpaired) electrons. The second kappa shape index (κ2) is 6.47. The summed E-state index contributed by atoms with van der Waals surface area (Å²) in [5, 5.41) is 0.994. The van der Waals surface area contributed by atoms with E-state index in [1.165, 1.54) is 18.2 Å². The average molecular weight is 320 g/mol. The van der Waals surface area contributed by atoms with Gasteiger partial charge in [0.25, 0.3) is 0 Å². The van der Waals surface area contributed by atoms with Gasteiger partial charge in [-0.05, 0) is 30.3 Å². The summed E-state index contributed by atoms with van der Waals surface area (Å²) in [5.41, 5.74) is 1.28. The molecule has 0 aromatic heterocycles. The van der Waals surface area contributed by atoms with Crippen molar-refractivity contribution >= 4 is 34.8 Å². The molecule has 2 rings (SSSR count). The van der Waals surface area contributed by atoms with Crippen LogP contribution in [-0.4, -0.2) is 0 Å². The van der Waals surface area contributed by atoms with Crippen LogP contribution in [0.15, 0.2) is 36.4 Å². The van der Waals surface area contributed by atoms with Gasteiger partial charge in [0.2, 0.25) is 0 Å². The minimum absolute atomic E-state index is 0.154. The first-order valence-electron chi connectivity index (χ1n) is 5.52. The van der Waals surface area contributed by atoms with Crippen molar-refractivity contribution in [1.29, 1.82) is 0 Å². The van der Waals surface area contributed by atoms with E-state index in [0.717, 1.165) is 0 Å². The molecule has 0 fully saturated rings. The molecule has 0 saturated carbocycles. The quantitative estimate of drug-likeness (QED) is 0.681. The molecule has 19 heavy (non-hydrogen) atoms. The summed E-state index contributed by atoms with van der Waals surface area (Å²) in [4.78, 5) is 0. The van der Waals surface area contributed by atoms with E-state index in [4.69, 9.17) is 39.5 Å². The smallest absolute Gasteiger partial charge is 0.125 e. The molecule has 1 nitrogen and oxygen atoms in total. The van der Waals surface area contributed by atoms with Crippen LogP contribution in [0, 0.1) is 5.82 Å². The Labute approximate surface area is 125 Å². The number of halogens is 4. The van der Waals surface area contributed by atoms with Crippen LogP contribution in [0.3, 0.4) is 0 Å². The molecule has 100 valence electrons. The number of ether oxygens (including phenoxy) is 1. The molecule has 0 aliphatic heterocycles. The van der Waals surface area contributed by atoms with Crippen molar-refractivity contribution in [2.24, 2.45) is 0 Å². The second-order valence-corrected chi connectivity index (χ2v) is 4.96. The molecule has 0 spiro atoms. The summed E-state index contributed by atoms with van der Waals surface area (Å²) in [7, 11) is 0. The van der Waals surface area contributed by atoms with Gasteiger partial charge in [0, 0.05) is 21.2 Å². The fourth-order valence-corrected chi connectivity index (χ4v) is 2.36. The van der Waals surface area contributed by atoms with Gasteiger partial charge in [-0.1, -0.05) is 29.3 Å². The Kier molecular flexibility index (Phi) is 4.92. The third kappa shape index (κ3) is 3.53. The van der Waals surface area contributed by atoms with Crippen LogP contribution >= 0.6 is 34.8 Å². The highest BCUT2D eigenvalue weighted by Crippen LogP contribution is 2.29. The van der Waals surface area contributed by atoms with Crippen molar-refractivity contribution in [3.05, 3.63) is 63.4 Å². The molecule has 2 aromatic carbocycles. The summed E-state index contributed by atoms with van der Waals surface area (Å²) in [5.74, 6) is 0.459. The van der Waals surface area contributed by atoms with E-state index in [1.807, 2.05) is 0 Å². The molecule has 0 amide bonds. The lowest BCUT2D eigenvalue weighted by Gasteiger charge is -2.12. The maximum absolute atomic E-state index is 13.1. The third-order valence-electron chi connectivity index (χ3n) is 2.60. The molecule has 5 heteroatoms. The van der Waals surface area contributed by atoms with E-state index < -0.39 is 0 Å². The van der Waals surface area contributed by atoms with Crippen LogP contribution in [0.1, 0.15) is 11.1 Å². The number of hydrogen-bond donors (Lipinski definition) is 0. The fourth-order valence-electron chi connectivity index (χ4n) is 1.61. The number of hydrogen-bond acceptors (Lipinski definition) is 1. The summed E-state index contributed by atoms with van der Waals surface area (Å²) >= 11 is 17.8. The number of benzene rings is 2. The highest BCUT2D eigenvalue weighted by atomic mass is 35.5. The predicted octanol–water partition coefficient (Wildman–Crippen LogP) is 5.45. The van der Waals surface area contributed by atoms with Crippen LogP contribution in [-0.2, 0) is 12.5 Å². The van der Waals surface area contributed by atoms with Gasteiger partial charge in [-0.3, -0.25) is 0 Å². The Morgan fingerprint density at radius 3 is 2.58 bits per heavy atom. The van der Waals surface area contributed by atoms with Gasteiger partial charge >= 0.3 is 0 Å². The Hall–Kier alpha value is -0.960. The highest BCUT2D eigenvalue weighted by molar-refractivity contribution is 6.32. The number of rotatable bonds is 4. The van der Waals surface area contributed by atoms with Gasteiger partial charge < -0.3 is 4.74 Å². The summed E-state index contributed by atoms with van der Waals surface area (Å²) in [6.45, 7) is 0.154. The third-order valence-corrected chi connectivity index (χ3v) is 3.59. The molecule has 0 unspecified atom stereocenters. The van der Waals surface area contributed by atoms with Gasteiger partial charge in [0.05, 0.1) is 5.88 Å². The van der Waals surface area contributed by atoms with Crippen LogP contribution in [0.2, 0.25) is 10.0 Å². The van der Waals surface area contributed by atoms with E-state index >= 15 is 0 Å². The van der Waals surface area contributed by atoms with Crippen molar-refractivity contribution < 1.29 is 9.13 Å². The Bertz CT molecular complexity index is 587. The normalized spacial score (nSPS) is 10.5. The zero-order valence-electron chi connectivity index (χ0n) is 9.80. The van der Waals surface area contributed by atoms with Gasteiger partial charge in [-0.25, -0.2) is 4.39 Å². The average Bonchev–Trinajstić information content (AvgIpc) is 2.40. The van der Waals surface area contributed by atoms with Gasteiger partial charge in [0.1, 0.15) is 18.2 Å². The van der Waals surface area contributed by atoms with Crippen molar-refractivity contribution in [3.63, 3.8) is 0 Å². The van der Waals surface area contributed by atoms with Crippen molar-refractivity contribution in [1.82, 2.24) is 0 Å². The number of alkyl halides is 1. The Balaban J connectivity index is 2.19. The first kappa shape index (κ1) is 14.4. The van der Waals surface area contributed by atoms with Crippen molar-refractivity contribution in [2.45, 2.75) is 12.5 Å². The Morgan fingerprint density at radius 1 is 1.05 bits per heavy atom. The van der Waals surface area contributed by atoms with Crippen molar-refractivity contribution in [3.8, 4) is 5.75 Å². The lowest BCUT2D eigenvalue weighted by atomic mass is 10.2. The van der Waals surface area contributed by atoms with E-state index in [1.54, 1.807) is 18.2 Å². The maximum atomic E-state index is 13.1. The van der Waals surface area contributed by atoms with Crippen LogP contribution < -0.4 is 4.74 Å². The molecule has 0 saturated heterocycles. The molecule has 0 aliphatic rings.